The van der Waals surface area contributed by atoms with Gasteiger partial charge in [0.2, 0.25) is 0 Å². The number of hydrogen-bond donors (Lipinski definition) is 0. The number of ether oxygens (including phenoxy) is 3. The Labute approximate surface area is 130 Å². The summed E-state index contributed by atoms with van der Waals surface area (Å²) in [6, 6.07) is 15.0. The first-order valence-corrected chi connectivity index (χ1v) is 7.31. The van der Waals surface area contributed by atoms with Crippen LogP contribution in [0.2, 0.25) is 5.02 Å². The average Bonchev–Trinajstić information content (AvgIpc) is 2.51. The average molecular weight is 307 g/mol. The number of benzene rings is 2. The Balaban J connectivity index is 1.61. The maximum absolute atomic E-state index is 5.89. The van der Waals surface area contributed by atoms with E-state index in [2.05, 4.69) is 0 Å². The molecule has 0 amide bonds. The van der Waals surface area contributed by atoms with Crippen molar-refractivity contribution in [2.75, 3.05) is 20.3 Å². The molecule has 0 radical (unpaired) electrons. The number of hydrogen-bond acceptors (Lipinski definition) is 3. The minimum Gasteiger partial charge on any atom is -0.497 e. The molecule has 0 unspecified atom stereocenters. The lowest BCUT2D eigenvalue weighted by Crippen LogP contribution is -2.02. The van der Waals surface area contributed by atoms with Gasteiger partial charge in [-0.3, -0.25) is 0 Å². The highest BCUT2D eigenvalue weighted by Crippen LogP contribution is 2.19. The molecule has 0 aliphatic carbocycles. The maximum Gasteiger partial charge on any atom is 0.122 e. The van der Waals surface area contributed by atoms with Gasteiger partial charge in [0.05, 0.1) is 20.3 Å². The molecule has 0 aromatic heterocycles. The van der Waals surface area contributed by atoms with Crippen LogP contribution in [0, 0.1) is 0 Å². The van der Waals surface area contributed by atoms with Gasteiger partial charge >= 0.3 is 0 Å². The fraction of sp³-hybridized carbons (Fsp3) is 0.294. The van der Waals surface area contributed by atoms with Crippen molar-refractivity contribution in [3.63, 3.8) is 0 Å². The molecule has 0 aliphatic heterocycles. The van der Waals surface area contributed by atoms with Crippen LogP contribution in [0.4, 0.5) is 0 Å². The van der Waals surface area contributed by atoms with Crippen molar-refractivity contribution < 1.29 is 14.2 Å². The lowest BCUT2D eigenvalue weighted by Gasteiger charge is -2.08. The predicted octanol–water partition coefficient (Wildman–Crippen LogP) is 4.59. The van der Waals surface area contributed by atoms with Crippen molar-refractivity contribution in [3.05, 3.63) is 53.6 Å². The molecule has 2 aromatic carbocycles. The van der Waals surface area contributed by atoms with Crippen molar-refractivity contribution in [3.8, 4) is 17.2 Å². The second-order valence-electron chi connectivity index (χ2n) is 4.54. The minimum atomic E-state index is 0.655. The number of methoxy groups -OCH3 is 1. The first-order valence-electron chi connectivity index (χ1n) is 6.93. The second-order valence-corrected chi connectivity index (χ2v) is 4.98. The molecule has 21 heavy (non-hydrogen) atoms. The van der Waals surface area contributed by atoms with Gasteiger partial charge in [-0.05, 0) is 43.2 Å². The molecule has 0 aliphatic rings. The van der Waals surface area contributed by atoms with Crippen LogP contribution in [0.15, 0.2) is 48.5 Å². The molecule has 2 aromatic rings. The fourth-order valence-electron chi connectivity index (χ4n) is 1.83. The Bertz CT molecular complexity index is 557. The molecule has 0 saturated carbocycles. The molecular weight excluding hydrogens is 288 g/mol. The normalized spacial score (nSPS) is 10.2. The topological polar surface area (TPSA) is 27.7 Å². The quantitative estimate of drug-likeness (QED) is 0.668. The summed E-state index contributed by atoms with van der Waals surface area (Å²) >= 11 is 5.89. The van der Waals surface area contributed by atoms with Crippen molar-refractivity contribution >= 4 is 11.6 Å². The van der Waals surface area contributed by atoms with Crippen LogP contribution in [0.3, 0.4) is 0 Å². The molecule has 0 bridgehead atoms. The third kappa shape index (κ3) is 5.56. The smallest absolute Gasteiger partial charge is 0.122 e. The first-order chi connectivity index (χ1) is 10.3. The van der Waals surface area contributed by atoms with Gasteiger partial charge in [0, 0.05) is 11.1 Å². The van der Waals surface area contributed by atoms with Gasteiger partial charge in [0.15, 0.2) is 0 Å². The highest BCUT2D eigenvalue weighted by atomic mass is 35.5. The maximum atomic E-state index is 5.89. The third-order valence-electron chi connectivity index (χ3n) is 2.91. The first kappa shape index (κ1) is 15.5. The van der Waals surface area contributed by atoms with Crippen LogP contribution >= 0.6 is 11.6 Å². The number of rotatable bonds is 8. The van der Waals surface area contributed by atoms with Gasteiger partial charge in [-0.1, -0.05) is 23.7 Å². The summed E-state index contributed by atoms with van der Waals surface area (Å²) in [6.45, 7) is 1.31. The summed E-state index contributed by atoms with van der Waals surface area (Å²) in [5.41, 5.74) is 0. The molecule has 0 saturated heterocycles. The summed E-state index contributed by atoms with van der Waals surface area (Å²) in [6.07, 6.45) is 1.86. The van der Waals surface area contributed by atoms with Crippen molar-refractivity contribution in [2.24, 2.45) is 0 Å². The van der Waals surface area contributed by atoms with Crippen molar-refractivity contribution in [1.29, 1.82) is 0 Å². The molecule has 3 nitrogen and oxygen atoms in total. The molecule has 0 N–H and O–H groups in total. The zero-order valence-corrected chi connectivity index (χ0v) is 12.8. The second kappa shape index (κ2) is 8.42. The van der Waals surface area contributed by atoms with E-state index in [0.29, 0.717) is 18.2 Å². The van der Waals surface area contributed by atoms with E-state index in [-0.39, 0.29) is 0 Å². The summed E-state index contributed by atoms with van der Waals surface area (Å²) in [7, 11) is 1.65. The van der Waals surface area contributed by atoms with Crippen LogP contribution in [0.5, 0.6) is 17.2 Å². The van der Waals surface area contributed by atoms with Gasteiger partial charge in [-0.2, -0.15) is 0 Å². The van der Waals surface area contributed by atoms with Crippen LogP contribution in [0.1, 0.15) is 12.8 Å². The van der Waals surface area contributed by atoms with Gasteiger partial charge < -0.3 is 14.2 Å². The monoisotopic (exact) mass is 306 g/mol. The van der Waals surface area contributed by atoms with Gasteiger partial charge in [0.1, 0.15) is 17.2 Å². The zero-order chi connectivity index (χ0) is 14.9. The van der Waals surface area contributed by atoms with E-state index in [1.807, 2.05) is 48.5 Å². The van der Waals surface area contributed by atoms with Crippen LogP contribution in [-0.4, -0.2) is 20.3 Å². The summed E-state index contributed by atoms with van der Waals surface area (Å²) in [5, 5.41) is 0.689. The van der Waals surface area contributed by atoms with Crippen LogP contribution in [0.25, 0.3) is 0 Å². The van der Waals surface area contributed by atoms with Crippen molar-refractivity contribution in [2.45, 2.75) is 12.8 Å². The molecule has 112 valence electrons. The molecule has 4 heteroatoms. The van der Waals surface area contributed by atoms with Gasteiger partial charge in [0.25, 0.3) is 0 Å². The summed E-state index contributed by atoms with van der Waals surface area (Å²) in [5.74, 6) is 2.43. The Morgan fingerprint density at radius 1 is 0.810 bits per heavy atom. The van der Waals surface area contributed by atoms with Crippen LogP contribution in [-0.2, 0) is 0 Å². The van der Waals surface area contributed by atoms with E-state index in [9.17, 15) is 0 Å². The SMILES string of the molecule is COc1cccc(OCCCCOc2cccc(Cl)c2)c1. The predicted molar refractivity (Wildman–Crippen MR) is 84.7 cm³/mol. The lowest BCUT2D eigenvalue weighted by atomic mass is 10.3. The highest BCUT2D eigenvalue weighted by molar-refractivity contribution is 6.30. The summed E-state index contributed by atoms with van der Waals surface area (Å²) < 4.78 is 16.4. The van der Waals surface area contributed by atoms with Gasteiger partial charge in [-0.25, -0.2) is 0 Å². The summed E-state index contributed by atoms with van der Waals surface area (Å²) in [4.78, 5) is 0. The molecule has 2 rings (SSSR count). The van der Waals surface area contributed by atoms with Crippen LogP contribution < -0.4 is 14.2 Å². The van der Waals surface area contributed by atoms with Crippen molar-refractivity contribution in [1.82, 2.24) is 0 Å². The third-order valence-corrected chi connectivity index (χ3v) is 3.15. The molecule has 0 atom stereocenters. The van der Waals surface area contributed by atoms with E-state index in [1.54, 1.807) is 7.11 Å². The zero-order valence-electron chi connectivity index (χ0n) is 12.0. The number of halogens is 1. The molecule has 0 fully saturated rings. The van der Waals surface area contributed by atoms with E-state index in [0.717, 1.165) is 30.1 Å². The molecule has 0 heterocycles. The minimum absolute atomic E-state index is 0.655. The highest BCUT2D eigenvalue weighted by Gasteiger charge is 1.98. The Morgan fingerprint density at radius 2 is 1.38 bits per heavy atom. The van der Waals surface area contributed by atoms with Gasteiger partial charge in [-0.15, -0.1) is 0 Å². The Kier molecular flexibility index (Phi) is 6.22. The Morgan fingerprint density at radius 3 is 2.00 bits per heavy atom. The van der Waals surface area contributed by atoms with E-state index < -0.39 is 0 Å². The van der Waals surface area contributed by atoms with E-state index in [1.165, 1.54) is 0 Å². The largest absolute Gasteiger partial charge is 0.497 e. The lowest BCUT2D eigenvalue weighted by molar-refractivity contribution is 0.265. The molecule has 0 spiro atoms. The molecular formula is C17H19ClO3. The van der Waals surface area contributed by atoms with E-state index in [4.69, 9.17) is 25.8 Å². The van der Waals surface area contributed by atoms with E-state index >= 15 is 0 Å². The fourth-order valence-corrected chi connectivity index (χ4v) is 2.01. The number of unbranched alkanes of at least 4 members (excludes halogenated alkanes) is 1. The standard InChI is InChI=1S/C17H19ClO3/c1-19-15-7-5-9-17(13-15)21-11-3-2-10-20-16-8-4-6-14(18)12-16/h4-9,12-13H,2-3,10-11H2,1H3. The Hall–Kier alpha value is -1.87.